The number of benzene rings is 2. The Kier molecular flexibility index (Phi) is 9.83. The Bertz CT molecular complexity index is 1520. The fourth-order valence-corrected chi connectivity index (χ4v) is 7.15. The number of nitrogens with zero attached hydrogens (tertiary/aromatic N) is 6. The fraction of sp³-hybridized carbons (Fsp3) is 0.364. The van der Waals surface area contributed by atoms with Crippen LogP contribution in [0.5, 0.6) is 0 Å². The van der Waals surface area contributed by atoms with Gasteiger partial charge in [0.05, 0.1) is 18.1 Å². The zero-order chi connectivity index (χ0) is 30.6. The number of carbonyl (C=O) groups is 1. The molecule has 1 N–H and O–H groups in total. The van der Waals surface area contributed by atoms with Gasteiger partial charge in [-0.05, 0) is 82.5 Å². The first-order valence-electron chi connectivity index (χ1n) is 15.3. The Balaban J connectivity index is 1.38. The van der Waals surface area contributed by atoms with Crippen molar-refractivity contribution < 1.29 is 9.82 Å². The van der Waals surface area contributed by atoms with E-state index in [4.69, 9.17) is 16.6 Å². The predicted octanol–water partition coefficient (Wildman–Crippen LogP) is 5.10. The molecule has 0 spiro atoms. The number of halogens is 2. The molecule has 11 heteroatoms. The third-order valence-electron chi connectivity index (χ3n) is 8.82. The van der Waals surface area contributed by atoms with E-state index >= 15 is 0 Å². The number of pyridine rings is 1. The van der Waals surface area contributed by atoms with Crippen LogP contribution in [0.3, 0.4) is 0 Å². The molecule has 1 saturated heterocycles. The molecule has 2 atom stereocenters. The summed E-state index contributed by atoms with van der Waals surface area (Å²) in [7, 11) is -0.655. The van der Waals surface area contributed by atoms with Gasteiger partial charge < -0.3 is 19.3 Å². The normalized spacial score (nSPS) is 18.7. The smallest absolute Gasteiger partial charge is 0.376 e. The summed E-state index contributed by atoms with van der Waals surface area (Å²) in [5.41, 5.74) is 5.56. The number of hydrogen-bond donors (Lipinski definition) is 1. The molecule has 1 aliphatic heterocycles. The summed E-state index contributed by atoms with van der Waals surface area (Å²) in [6, 6.07) is 17.7. The maximum absolute atomic E-state index is 14.8. The van der Waals surface area contributed by atoms with Gasteiger partial charge in [0.15, 0.2) is 0 Å². The molecule has 6 rings (SSSR count). The standard InChI is InChI=1S/C33H37BBrClN6O2/c1-34(44)41-16-17-42(32-29-11-10-28(36)19-25(29)8-9-26-18-27(35)20-38-31(26)32)30(22-41)33(43)40(21-24-6-3-2-4-7-24)14-5-13-39-15-12-37-23-39/h2-4,6-7,10-12,15,18-20,23,30,32,44H,5,8-9,13-14,16-17,21-22H2,1H3/t30-,32?/m1/s1. The Morgan fingerprint density at radius 1 is 1.14 bits per heavy atom. The summed E-state index contributed by atoms with van der Waals surface area (Å²) in [5, 5.41) is 11.4. The summed E-state index contributed by atoms with van der Waals surface area (Å²) in [5.74, 6) is 0.0586. The van der Waals surface area contributed by atoms with Gasteiger partial charge in [-0.1, -0.05) is 48.0 Å². The Hall–Kier alpha value is -3.02. The lowest BCUT2D eigenvalue weighted by atomic mass is 9.82. The third kappa shape index (κ3) is 6.95. The quantitative estimate of drug-likeness (QED) is 0.249. The fourth-order valence-electron chi connectivity index (χ4n) is 6.58. The maximum atomic E-state index is 14.8. The van der Waals surface area contributed by atoms with E-state index in [0.29, 0.717) is 37.7 Å². The van der Waals surface area contributed by atoms with Gasteiger partial charge in [-0.15, -0.1) is 0 Å². The van der Waals surface area contributed by atoms with Crippen molar-refractivity contribution in [2.75, 3.05) is 26.2 Å². The van der Waals surface area contributed by atoms with Crippen molar-refractivity contribution in [1.82, 2.24) is 29.1 Å². The van der Waals surface area contributed by atoms with Crippen molar-refractivity contribution in [3.8, 4) is 0 Å². The Labute approximate surface area is 272 Å². The highest BCUT2D eigenvalue weighted by Crippen LogP contribution is 2.39. The second-order valence-electron chi connectivity index (χ2n) is 11.7. The molecular weight excluding hydrogens is 639 g/mol. The summed E-state index contributed by atoms with van der Waals surface area (Å²) in [4.78, 5) is 30.3. The number of amides is 1. The van der Waals surface area contributed by atoms with Crippen LogP contribution in [-0.4, -0.2) is 79.3 Å². The van der Waals surface area contributed by atoms with E-state index in [1.54, 1.807) is 13.0 Å². The number of rotatable bonds is 9. The van der Waals surface area contributed by atoms with Crippen LogP contribution in [0.15, 0.2) is 84.0 Å². The number of aryl methyl sites for hydroxylation is 3. The van der Waals surface area contributed by atoms with E-state index in [2.05, 4.69) is 56.1 Å². The molecule has 8 nitrogen and oxygen atoms in total. The Morgan fingerprint density at radius 3 is 2.73 bits per heavy atom. The van der Waals surface area contributed by atoms with Crippen LogP contribution in [0.25, 0.3) is 0 Å². The summed E-state index contributed by atoms with van der Waals surface area (Å²) in [6.07, 6.45) is 9.87. The van der Waals surface area contributed by atoms with Gasteiger partial charge in [-0.2, -0.15) is 0 Å². The molecule has 3 heterocycles. The van der Waals surface area contributed by atoms with Crippen molar-refractivity contribution in [3.63, 3.8) is 0 Å². The minimum atomic E-state index is -0.655. The highest BCUT2D eigenvalue weighted by molar-refractivity contribution is 9.10. The van der Waals surface area contributed by atoms with Crippen molar-refractivity contribution in [3.05, 3.63) is 117 Å². The van der Waals surface area contributed by atoms with Gasteiger partial charge in [0.1, 0.15) is 6.04 Å². The number of carbonyl (C=O) groups excluding carboxylic acids is 1. The molecule has 1 unspecified atom stereocenters. The van der Waals surface area contributed by atoms with E-state index in [9.17, 15) is 9.82 Å². The van der Waals surface area contributed by atoms with E-state index in [1.165, 1.54) is 11.1 Å². The zero-order valence-corrected chi connectivity index (χ0v) is 27.2. The molecule has 2 aromatic heterocycles. The van der Waals surface area contributed by atoms with E-state index in [-0.39, 0.29) is 11.9 Å². The first-order valence-corrected chi connectivity index (χ1v) is 16.4. The molecule has 1 fully saturated rings. The molecular formula is C33H37BBrClN6O2. The molecule has 228 valence electrons. The molecule has 4 aromatic rings. The van der Waals surface area contributed by atoms with E-state index in [0.717, 1.165) is 47.1 Å². The van der Waals surface area contributed by atoms with Crippen LogP contribution in [0.1, 0.15) is 40.4 Å². The minimum Gasteiger partial charge on any atom is -0.437 e. The van der Waals surface area contributed by atoms with Crippen molar-refractivity contribution in [1.29, 1.82) is 0 Å². The Morgan fingerprint density at radius 2 is 1.95 bits per heavy atom. The second kappa shape index (κ2) is 14.0. The van der Waals surface area contributed by atoms with Crippen LogP contribution in [0, 0.1) is 0 Å². The van der Waals surface area contributed by atoms with Crippen LogP contribution >= 0.6 is 27.5 Å². The van der Waals surface area contributed by atoms with Crippen molar-refractivity contribution in [2.45, 2.75) is 51.3 Å². The average Bonchev–Trinajstić information content (AvgIpc) is 3.49. The number of fused-ring (bicyclic) bond motifs is 2. The molecule has 0 saturated carbocycles. The predicted molar refractivity (Wildman–Crippen MR) is 177 cm³/mol. The summed E-state index contributed by atoms with van der Waals surface area (Å²) >= 11 is 10.1. The molecule has 44 heavy (non-hydrogen) atoms. The number of hydrogen-bond acceptors (Lipinski definition) is 6. The molecule has 1 aliphatic carbocycles. The minimum absolute atomic E-state index is 0.0586. The van der Waals surface area contributed by atoms with Crippen LogP contribution < -0.4 is 0 Å². The summed E-state index contributed by atoms with van der Waals surface area (Å²) < 4.78 is 2.99. The molecule has 2 aliphatic rings. The van der Waals surface area contributed by atoms with E-state index in [1.807, 2.05) is 57.3 Å². The van der Waals surface area contributed by atoms with Gasteiger partial charge in [-0.3, -0.25) is 14.7 Å². The molecule has 2 aromatic carbocycles. The lowest BCUT2D eigenvalue weighted by Crippen LogP contribution is -2.62. The van der Waals surface area contributed by atoms with Crippen LogP contribution in [-0.2, 0) is 30.7 Å². The van der Waals surface area contributed by atoms with Crippen molar-refractivity contribution in [2.24, 2.45) is 0 Å². The van der Waals surface area contributed by atoms with Gasteiger partial charge >= 0.3 is 7.05 Å². The second-order valence-corrected chi connectivity index (χ2v) is 13.1. The largest absolute Gasteiger partial charge is 0.437 e. The number of imidazole rings is 1. The monoisotopic (exact) mass is 674 g/mol. The van der Waals surface area contributed by atoms with Gasteiger partial charge in [0, 0.05) is 67.4 Å². The van der Waals surface area contributed by atoms with E-state index < -0.39 is 13.1 Å². The van der Waals surface area contributed by atoms with Gasteiger partial charge in [-0.25, -0.2) is 4.98 Å². The molecule has 1 amide bonds. The topological polar surface area (TPSA) is 77.7 Å². The average molecular weight is 676 g/mol. The lowest BCUT2D eigenvalue weighted by molar-refractivity contribution is -0.140. The number of aromatic nitrogens is 3. The lowest BCUT2D eigenvalue weighted by Gasteiger charge is -2.46. The van der Waals surface area contributed by atoms with Crippen molar-refractivity contribution >= 4 is 40.5 Å². The first-order chi connectivity index (χ1) is 21.4. The zero-order valence-electron chi connectivity index (χ0n) is 24.9. The first kappa shape index (κ1) is 31.0. The van der Waals surface area contributed by atoms with Gasteiger partial charge in [0.25, 0.3) is 0 Å². The highest BCUT2D eigenvalue weighted by atomic mass is 79.9. The van der Waals surface area contributed by atoms with Crippen LogP contribution in [0.4, 0.5) is 0 Å². The van der Waals surface area contributed by atoms with Gasteiger partial charge in [0.2, 0.25) is 5.91 Å². The third-order valence-corrected chi connectivity index (χ3v) is 9.49. The molecule has 0 bridgehead atoms. The molecule has 0 radical (unpaired) electrons. The maximum Gasteiger partial charge on any atom is 0.376 e. The summed E-state index contributed by atoms with van der Waals surface area (Å²) in [6.45, 7) is 5.35. The van der Waals surface area contributed by atoms with Crippen LogP contribution in [0.2, 0.25) is 11.8 Å². The SMILES string of the molecule is CB(O)N1CCN(C2c3ccc(Cl)cc3CCc3cc(Br)cnc32)[C@@H](C(=O)N(CCCn2ccnc2)Cc2ccccc2)C1. The number of piperazine rings is 1. The highest BCUT2D eigenvalue weighted by Gasteiger charge is 2.43.